The predicted octanol–water partition coefficient (Wildman–Crippen LogP) is -1.03. The Morgan fingerprint density at radius 2 is 1.85 bits per heavy atom. The summed E-state index contributed by atoms with van der Waals surface area (Å²) in [6.07, 6.45) is 0.396. The zero-order chi connectivity index (χ0) is 19.8. The number of benzene rings is 1. The molecule has 1 aromatic carbocycles. The number of hydrogen-bond acceptors (Lipinski definition) is 6. The first-order chi connectivity index (χ1) is 12.7. The summed E-state index contributed by atoms with van der Waals surface area (Å²) in [5, 5.41) is 29.8. The molecule has 0 unspecified atom stereocenters. The van der Waals surface area contributed by atoms with Crippen LogP contribution in [-0.4, -0.2) is 59.7 Å². The number of amides is 1. The van der Waals surface area contributed by atoms with E-state index >= 15 is 0 Å². The molecule has 10 nitrogen and oxygen atoms in total. The van der Waals surface area contributed by atoms with Gasteiger partial charge < -0.3 is 20.8 Å². The lowest BCUT2D eigenvalue weighted by Crippen LogP contribution is -2.42. The quantitative estimate of drug-likeness (QED) is 0.432. The van der Waals surface area contributed by atoms with Crippen LogP contribution in [0.5, 0.6) is 0 Å². The topological polar surface area (TPSA) is 164 Å². The van der Waals surface area contributed by atoms with E-state index in [1.165, 1.54) is 30.3 Å². The van der Waals surface area contributed by atoms with E-state index in [1.807, 2.05) is 0 Å². The standard InChI is InChI=1S/C16H18N4O6S/c17-27(25,26)20-6-5-11(14(20)16(23)24)9-1-3-10(4-2-9)15(22)19-12-7-18-8-13(12)21/h1-6,12-13,18,21H,7-8H2,(H,19,22)(H,23,24)(H2,17,25,26)/t12-,13-/m0/s1. The van der Waals surface area contributed by atoms with E-state index in [1.54, 1.807) is 0 Å². The molecule has 2 aromatic rings. The highest BCUT2D eigenvalue weighted by Crippen LogP contribution is 2.26. The van der Waals surface area contributed by atoms with Crippen molar-refractivity contribution in [3.63, 3.8) is 0 Å². The van der Waals surface area contributed by atoms with Gasteiger partial charge in [-0.25, -0.2) is 13.9 Å². The molecule has 11 heteroatoms. The van der Waals surface area contributed by atoms with Crippen molar-refractivity contribution < 1.29 is 28.2 Å². The van der Waals surface area contributed by atoms with Crippen LogP contribution in [0.3, 0.4) is 0 Å². The molecule has 1 amide bonds. The minimum absolute atomic E-state index is 0.152. The highest BCUT2D eigenvalue weighted by Gasteiger charge is 2.27. The Morgan fingerprint density at radius 3 is 2.37 bits per heavy atom. The van der Waals surface area contributed by atoms with Crippen LogP contribution >= 0.6 is 0 Å². The van der Waals surface area contributed by atoms with E-state index in [4.69, 9.17) is 5.14 Å². The van der Waals surface area contributed by atoms with Crippen LogP contribution in [0.15, 0.2) is 36.5 Å². The number of carboxylic acid groups (broad SMARTS) is 1. The van der Waals surface area contributed by atoms with Gasteiger partial charge in [0.2, 0.25) is 0 Å². The fraction of sp³-hybridized carbons (Fsp3) is 0.250. The lowest BCUT2D eigenvalue weighted by molar-refractivity contribution is 0.0689. The number of rotatable bonds is 5. The molecule has 2 atom stereocenters. The minimum Gasteiger partial charge on any atom is -0.477 e. The second kappa shape index (κ2) is 7.12. The Hall–Kier alpha value is -2.73. The number of aromatic carboxylic acids is 1. The van der Waals surface area contributed by atoms with Gasteiger partial charge in [-0.05, 0) is 23.8 Å². The molecular formula is C16H18N4O6S. The van der Waals surface area contributed by atoms with E-state index < -0.39 is 28.0 Å². The monoisotopic (exact) mass is 394 g/mol. The zero-order valence-electron chi connectivity index (χ0n) is 14.0. The number of carbonyl (C=O) groups excluding carboxylic acids is 1. The van der Waals surface area contributed by atoms with Crippen LogP contribution in [0.4, 0.5) is 0 Å². The van der Waals surface area contributed by atoms with Crippen LogP contribution < -0.4 is 15.8 Å². The van der Waals surface area contributed by atoms with Crippen molar-refractivity contribution in [1.29, 1.82) is 0 Å². The fourth-order valence-corrected chi connectivity index (χ4v) is 3.60. The van der Waals surface area contributed by atoms with Gasteiger partial charge in [-0.2, -0.15) is 8.42 Å². The van der Waals surface area contributed by atoms with Gasteiger partial charge in [-0.3, -0.25) is 4.79 Å². The minimum atomic E-state index is -4.26. The lowest BCUT2D eigenvalue weighted by atomic mass is 10.0. The Bertz CT molecular complexity index is 983. The van der Waals surface area contributed by atoms with Gasteiger partial charge >= 0.3 is 16.2 Å². The number of aliphatic hydroxyl groups is 1. The predicted molar refractivity (Wildman–Crippen MR) is 95.5 cm³/mol. The number of aromatic nitrogens is 1. The van der Waals surface area contributed by atoms with Gasteiger partial charge in [0.05, 0.1) is 12.1 Å². The second-order valence-electron chi connectivity index (χ2n) is 6.11. The first kappa shape index (κ1) is 19.0. The summed E-state index contributed by atoms with van der Waals surface area (Å²) in [6.45, 7) is 0.872. The van der Waals surface area contributed by atoms with E-state index in [2.05, 4.69) is 10.6 Å². The zero-order valence-corrected chi connectivity index (χ0v) is 14.8. The Morgan fingerprint density at radius 1 is 1.19 bits per heavy atom. The van der Waals surface area contributed by atoms with Gasteiger partial charge in [0.25, 0.3) is 5.91 Å². The SMILES string of the molecule is NS(=O)(=O)n1ccc(-c2ccc(C(=O)N[C@H]3CNC[C@@H]3O)cc2)c1C(=O)O. The van der Waals surface area contributed by atoms with Crippen molar-refractivity contribution in [2.45, 2.75) is 12.1 Å². The molecule has 27 heavy (non-hydrogen) atoms. The summed E-state index contributed by atoms with van der Waals surface area (Å²) in [6, 6.07) is 6.92. The summed E-state index contributed by atoms with van der Waals surface area (Å²) in [4.78, 5) is 23.7. The van der Waals surface area contributed by atoms with Gasteiger partial charge in [-0.15, -0.1) is 0 Å². The Kier molecular flexibility index (Phi) is 5.02. The second-order valence-corrected chi connectivity index (χ2v) is 7.53. The molecule has 144 valence electrons. The number of hydrogen-bond donors (Lipinski definition) is 5. The number of nitrogens with two attached hydrogens (primary N) is 1. The van der Waals surface area contributed by atoms with Crippen molar-refractivity contribution in [2.75, 3.05) is 13.1 Å². The van der Waals surface area contributed by atoms with Crippen molar-refractivity contribution in [1.82, 2.24) is 14.6 Å². The highest BCUT2D eigenvalue weighted by atomic mass is 32.2. The smallest absolute Gasteiger partial charge is 0.354 e. The summed E-state index contributed by atoms with van der Waals surface area (Å²) < 4.78 is 23.6. The van der Waals surface area contributed by atoms with Crippen LogP contribution in [0.1, 0.15) is 20.8 Å². The van der Waals surface area contributed by atoms with Gasteiger partial charge in [-0.1, -0.05) is 12.1 Å². The largest absolute Gasteiger partial charge is 0.477 e. The number of carbonyl (C=O) groups is 2. The molecule has 0 bridgehead atoms. The number of aliphatic hydroxyl groups excluding tert-OH is 1. The van der Waals surface area contributed by atoms with Crippen molar-refractivity contribution in [2.24, 2.45) is 5.14 Å². The number of nitrogens with one attached hydrogen (secondary N) is 2. The van der Waals surface area contributed by atoms with Crippen LogP contribution in [0.25, 0.3) is 11.1 Å². The Balaban J connectivity index is 1.87. The normalized spacial score (nSPS) is 19.8. The molecule has 1 fully saturated rings. The highest BCUT2D eigenvalue weighted by molar-refractivity contribution is 7.87. The van der Waals surface area contributed by atoms with E-state index in [9.17, 15) is 28.2 Å². The Labute approximate surface area is 154 Å². The maximum absolute atomic E-state index is 12.3. The average molecular weight is 394 g/mol. The third-order valence-corrected chi connectivity index (χ3v) is 5.14. The molecule has 3 rings (SSSR count). The summed E-state index contributed by atoms with van der Waals surface area (Å²) >= 11 is 0. The molecule has 0 radical (unpaired) electrons. The summed E-state index contributed by atoms with van der Waals surface area (Å²) in [5.41, 5.74) is 0.392. The summed E-state index contributed by atoms with van der Waals surface area (Å²) in [5.74, 6) is -1.83. The van der Waals surface area contributed by atoms with Gasteiger partial charge in [0.15, 0.2) is 5.69 Å². The molecule has 0 aliphatic carbocycles. The molecule has 0 saturated carbocycles. The first-order valence-corrected chi connectivity index (χ1v) is 9.47. The number of nitrogens with zero attached hydrogens (tertiary/aromatic N) is 1. The van der Waals surface area contributed by atoms with Crippen molar-refractivity contribution >= 4 is 22.1 Å². The molecule has 1 aromatic heterocycles. The third-order valence-electron chi connectivity index (χ3n) is 4.29. The van der Waals surface area contributed by atoms with Crippen molar-refractivity contribution in [3.05, 3.63) is 47.8 Å². The van der Waals surface area contributed by atoms with E-state index in [-0.39, 0.29) is 17.5 Å². The van der Waals surface area contributed by atoms with Crippen molar-refractivity contribution in [3.8, 4) is 11.1 Å². The molecule has 0 spiro atoms. The molecule has 1 aliphatic rings. The number of carboxylic acids is 1. The first-order valence-electron chi connectivity index (χ1n) is 7.96. The maximum atomic E-state index is 12.3. The lowest BCUT2D eigenvalue weighted by Gasteiger charge is -2.15. The molecular weight excluding hydrogens is 376 g/mol. The van der Waals surface area contributed by atoms with E-state index in [0.717, 1.165) is 6.20 Å². The fourth-order valence-electron chi connectivity index (χ4n) is 2.93. The molecule has 1 aliphatic heterocycles. The average Bonchev–Trinajstić information content (AvgIpc) is 3.21. The molecule has 1 saturated heterocycles. The maximum Gasteiger partial charge on any atom is 0.354 e. The van der Waals surface area contributed by atoms with Crippen LogP contribution in [0, 0.1) is 0 Å². The number of β-amino-alcohol motifs (C(OH)–C–C–N with tert-alkyl or cyclic N) is 1. The van der Waals surface area contributed by atoms with Gasteiger partial charge in [0, 0.05) is 30.4 Å². The van der Waals surface area contributed by atoms with E-state index in [0.29, 0.717) is 28.2 Å². The molecule has 2 heterocycles. The third kappa shape index (κ3) is 3.85. The van der Waals surface area contributed by atoms with Crippen LogP contribution in [-0.2, 0) is 10.2 Å². The van der Waals surface area contributed by atoms with Crippen LogP contribution in [0.2, 0.25) is 0 Å². The summed E-state index contributed by atoms with van der Waals surface area (Å²) in [7, 11) is -4.26. The van der Waals surface area contributed by atoms with Gasteiger partial charge in [0.1, 0.15) is 0 Å². The molecule has 6 N–H and O–H groups in total.